The summed E-state index contributed by atoms with van der Waals surface area (Å²) in [5.74, 6) is -3.64. The zero-order chi connectivity index (χ0) is 22.6. The second kappa shape index (κ2) is 14.4. The number of aliphatic carboxylic acids is 1. The normalized spacial score (nSPS) is 16.1. The molecular formula is C16H31N5O6S2. The lowest BCUT2D eigenvalue weighted by molar-refractivity contribution is -0.141. The Morgan fingerprint density at radius 1 is 0.897 bits per heavy atom. The van der Waals surface area contributed by atoms with Crippen LogP contribution in [0.3, 0.4) is 0 Å². The minimum absolute atomic E-state index is 0.104. The molecule has 0 fully saturated rings. The molecule has 3 amide bonds. The quantitative estimate of drug-likeness (QED) is 0.0994. The highest BCUT2D eigenvalue weighted by atomic mass is 32.1. The third kappa shape index (κ3) is 10.2. The van der Waals surface area contributed by atoms with Crippen LogP contribution in [0.2, 0.25) is 0 Å². The molecule has 0 aliphatic carbocycles. The van der Waals surface area contributed by atoms with Crippen LogP contribution in [0.25, 0.3) is 0 Å². The molecule has 0 spiro atoms. The van der Waals surface area contributed by atoms with Gasteiger partial charge >= 0.3 is 5.97 Å². The van der Waals surface area contributed by atoms with Gasteiger partial charge in [-0.3, -0.25) is 14.4 Å². The van der Waals surface area contributed by atoms with E-state index in [0.717, 1.165) is 0 Å². The van der Waals surface area contributed by atoms with Gasteiger partial charge in [-0.15, -0.1) is 0 Å². The molecule has 13 heteroatoms. The van der Waals surface area contributed by atoms with Gasteiger partial charge in [0.2, 0.25) is 17.7 Å². The molecule has 0 aromatic rings. The fourth-order valence-electron chi connectivity index (χ4n) is 2.17. The number of hydrogen-bond acceptors (Lipinski definition) is 9. The molecule has 5 unspecified atom stereocenters. The number of nitrogens with two attached hydrogens (primary N) is 2. The van der Waals surface area contributed by atoms with Crippen molar-refractivity contribution in [2.24, 2.45) is 11.5 Å². The molecule has 0 heterocycles. The summed E-state index contributed by atoms with van der Waals surface area (Å²) in [5, 5.41) is 25.6. The summed E-state index contributed by atoms with van der Waals surface area (Å²) < 4.78 is 0. The van der Waals surface area contributed by atoms with Crippen LogP contribution in [0.15, 0.2) is 0 Å². The summed E-state index contributed by atoms with van der Waals surface area (Å²) in [6.45, 7) is 1.74. The number of carboxylic acid groups (broad SMARTS) is 1. The summed E-state index contributed by atoms with van der Waals surface area (Å²) in [6.07, 6.45) is 0.252. The average molecular weight is 454 g/mol. The summed E-state index contributed by atoms with van der Waals surface area (Å²) in [7, 11) is 0. The van der Waals surface area contributed by atoms with Crippen molar-refractivity contribution in [3.8, 4) is 0 Å². The summed E-state index contributed by atoms with van der Waals surface area (Å²) in [6, 6.07) is -4.61. The van der Waals surface area contributed by atoms with Crippen molar-refractivity contribution >= 4 is 48.9 Å². The van der Waals surface area contributed by atoms with Gasteiger partial charge in [0, 0.05) is 11.5 Å². The minimum atomic E-state index is -1.27. The zero-order valence-electron chi connectivity index (χ0n) is 16.2. The van der Waals surface area contributed by atoms with E-state index in [9.17, 15) is 24.3 Å². The van der Waals surface area contributed by atoms with Crippen molar-refractivity contribution in [3.63, 3.8) is 0 Å². The van der Waals surface area contributed by atoms with E-state index in [4.69, 9.17) is 16.6 Å². The van der Waals surface area contributed by atoms with Gasteiger partial charge in [-0.1, -0.05) is 0 Å². The Labute approximate surface area is 180 Å². The third-order valence-electron chi connectivity index (χ3n) is 4.02. The molecule has 0 aromatic carbocycles. The first-order chi connectivity index (χ1) is 13.6. The highest BCUT2D eigenvalue weighted by Crippen LogP contribution is 2.04. The van der Waals surface area contributed by atoms with Crippen LogP contribution in [0.5, 0.6) is 0 Å². The van der Waals surface area contributed by atoms with Crippen molar-refractivity contribution in [2.45, 2.75) is 56.5 Å². The van der Waals surface area contributed by atoms with E-state index in [1.165, 1.54) is 6.92 Å². The molecule has 29 heavy (non-hydrogen) atoms. The Morgan fingerprint density at radius 3 is 1.83 bits per heavy atom. The van der Waals surface area contributed by atoms with E-state index in [0.29, 0.717) is 19.4 Å². The third-order valence-corrected chi connectivity index (χ3v) is 4.75. The van der Waals surface area contributed by atoms with Crippen LogP contribution < -0.4 is 27.4 Å². The number of aliphatic hydroxyl groups excluding tert-OH is 1. The maximum Gasteiger partial charge on any atom is 0.327 e. The van der Waals surface area contributed by atoms with Crippen LogP contribution in [-0.2, 0) is 19.2 Å². The molecule has 0 aliphatic heterocycles. The molecule has 168 valence electrons. The van der Waals surface area contributed by atoms with Gasteiger partial charge in [-0.25, -0.2) is 4.79 Å². The molecule has 0 saturated heterocycles. The van der Waals surface area contributed by atoms with Crippen LogP contribution in [-0.4, -0.2) is 82.2 Å². The maximum absolute atomic E-state index is 12.6. The van der Waals surface area contributed by atoms with Gasteiger partial charge in [0.1, 0.15) is 24.2 Å². The standard InChI is InChI=1S/C16H31N5O6S2/c1-8(22)12(18)15(25)19-9(4-2-3-5-17)13(23)20-10(6-28)14(24)21-11(7-29)16(26)27/h8-12,22,28-29H,2-7,17-18H2,1H3,(H,19,25)(H,20,23)(H,21,24)(H,26,27). The predicted octanol–water partition coefficient (Wildman–Crippen LogP) is -2.78. The largest absolute Gasteiger partial charge is 0.480 e. The minimum Gasteiger partial charge on any atom is -0.480 e. The smallest absolute Gasteiger partial charge is 0.327 e. The fraction of sp³-hybridized carbons (Fsp3) is 0.750. The highest BCUT2D eigenvalue weighted by molar-refractivity contribution is 7.80. The molecule has 0 aliphatic rings. The molecule has 0 bridgehead atoms. The number of aliphatic hydroxyl groups is 1. The van der Waals surface area contributed by atoms with Crippen LogP contribution in [0.4, 0.5) is 0 Å². The summed E-state index contributed by atoms with van der Waals surface area (Å²) >= 11 is 7.88. The van der Waals surface area contributed by atoms with Crippen LogP contribution in [0.1, 0.15) is 26.2 Å². The van der Waals surface area contributed by atoms with Gasteiger partial charge in [0.25, 0.3) is 0 Å². The number of unbranched alkanes of at least 4 members (excludes halogenated alkanes) is 1. The van der Waals surface area contributed by atoms with Gasteiger partial charge < -0.3 is 37.6 Å². The molecule has 5 atom stereocenters. The number of carboxylic acids is 1. The van der Waals surface area contributed by atoms with E-state index in [2.05, 4.69) is 41.2 Å². The highest BCUT2D eigenvalue weighted by Gasteiger charge is 2.29. The zero-order valence-corrected chi connectivity index (χ0v) is 18.0. The number of rotatable bonds is 14. The molecule has 0 saturated carbocycles. The molecule has 0 rings (SSSR count). The van der Waals surface area contributed by atoms with Crippen molar-refractivity contribution in [2.75, 3.05) is 18.1 Å². The summed E-state index contributed by atoms with van der Waals surface area (Å²) in [5.41, 5.74) is 11.0. The first-order valence-corrected chi connectivity index (χ1v) is 10.3. The molecule has 11 nitrogen and oxygen atoms in total. The van der Waals surface area contributed by atoms with E-state index in [-0.39, 0.29) is 17.9 Å². The second-order valence-electron chi connectivity index (χ2n) is 6.44. The Bertz CT molecular complexity index is 566. The topological polar surface area (TPSA) is 197 Å². The average Bonchev–Trinajstić information content (AvgIpc) is 2.67. The first kappa shape index (κ1) is 27.5. The van der Waals surface area contributed by atoms with E-state index >= 15 is 0 Å². The maximum atomic E-state index is 12.6. The molecule has 0 radical (unpaired) electrons. The number of carbonyl (C=O) groups is 4. The van der Waals surface area contributed by atoms with Gasteiger partial charge in [-0.2, -0.15) is 25.3 Å². The Kier molecular flexibility index (Phi) is 13.7. The molecule has 0 aromatic heterocycles. The van der Waals surface area contributed by atoms with Crippen molar-refractivity contribution in [1.82, 2.24) is 16.0 Å². The second-order valence-corrected chi connectivity index (χ2v) is 7.17. The van der Waals surface area contributed by atoms with Crippen molar-refractivity contribution in [1.29, 1.82) is 0 Å². The Balaban J connectivity index is 5.15. The molecule has 9 N–H and O–H groups in total. The van der Waals surface area contributed by atoms with E-state index in [1.807, 2.05) is 0 Å². The van der Waals surface area contributed by atoms with Crippen LogP contribution in [0, 0.1) is 0 Å². The SMILES string of the molecule is CC(O)C(N)C(=O)NC(CCCCN)C(=O)NC(CS)C(=O)NC(CS)C(=O)O. The first-order valence-electron chi connectivity index (χ1n) is 9.08. The number of nitrogens with one attached hydrogen (secondary N) is 3. The predicted molar refractivity (Wildman–Crippen MR) is 114 cm³/mol. The number of amides is 3. The number of carbonyl (C=O) groups excluding carboxylic acids is 3. The fourth-order valence-corrected chi connectivity index (χ4v) is 2.68. The number of thiol groups is 2. The monoisotopic (exact) mass is 453 g/mol. The van der Waals surface area contributed by atoms with Gasteiger partial charge in [-0.05, 0) is 32.7 Å². The van der Waals surface area contributed by atoms with E-state index < -0.39 is 54.0 Å². The van der Waals surface area contributed by atoms with Crippen molar-refractivity contribution < 1.29 is 29.4 Å². The lowest BCUT2D eigenvalue weighted by atomic mass is 10.1. The lowest BCUT2D eigenvalue weighted by Crippen LogP contribution is -2.58. The number of hydrogen-bond donors (Lipinski definition) is 9. The van der Waals surface area contributed by atoms with Crippen molar-refractivity contribution in [3.05, 3.63) is 0 Å². The Hall–Kier alpha value is -1.54. The molecular weight excluding hydrogens is 422 g/mol. The summed E-state index contributed by atoms with van der Waals surface area (Å²) in [4.78, 5) is 48.0. The Morgan fingerprint density at radius 2 is 1.38 bits per heavy atom. The van der Waals surface area contributed by atoms with Gasteiger partial charge in [0.15, 0.2) is 0 Å². The van der Waals surface area contributed by atoms with E-state index in [1.54, 1.807) is 0 Å². The van der Waals surface area contributed by atoms with Crippen LogP contribution >= 0.6 is 25.3 Å². The van der Waals surface area contributed by atoms with Gasteiger partial charge in [0.05, 0.1) is 6.10 Å². The lowest BCUT2D eigenvalue weighted by Gasteiger charge is -2.24.